The van der Waals surface area contributed by atoms with E-state index in [0.717, 1.165) is 19.4 Å². The van der Waals surface area contributed by atoms with E-state index in [-0.39, 0.29) is 0 Å². The van der Waals surface area contributed by atoms with Crippen LogP contribution in [-0.4, -0.2) is 23.4 Å². The van der Waals surface area contributed by atoms with E-state index in [1.165, 1.54) is 30.4 Å². The molecule has 1 fully saturated rings. The molecular formula is C18H29NO. The minimum Gasteiger partial charge on any atom is -0.336 e. The lowest BCUT2D eigenvalue weighted by molar-refractivity contribution is -0.133. The van der Waals surface area contributed by atoms with E-state index in [1.807, 2.05) is 4.90 Å². The first-order valence-electron chi connectivity index (χ1n) is 8.11. The fraction of sp³-hybridized carbons (Fsp3) is 0.722. The summed E-state index contributed by atoms with van der Waals surface area (Å²) in [6.45, 7) is 9.49. The van der Waals surface area contributed by atoms with Crippen LogP contribution in [0.3, 0.4) is 0 Å². The van der Waals surface area contributed by atoms with Gasteiger partial charge in [-0.1, -0.05) is 23.3 Å². The van der Waals surface area contributed by atoms with Crippen molar-refractivity contribution in [1.29, 1.82) is 0 Å². The van der Waals surface area contributed by atoms with Crippen molar-refractivity contribution < 1.29 is 4.79 Å². The van der Waals surface area contributed by atoms with Gasteiger partial charge in [-0.2, -0.15) is 0 Å². The Bertz CT molecular complexity index is 415. The number of carbonyl (C=O) groups excluding carboxylic acids is 1. The van der Waals surface area contributed by atoms with Crippen molar-refractivity contribution in [2.45, 2.75) is 65.8 Å². The highest BCUT2D eigenvalue weighted by Crippen LogP contribution is 2.32. The van der Waals surface area contributed by atoms with Gasteiger partial charge in [-0.3, -0.25) is 4.79 Å². The second kappa shape index (κ2) is 6.60. The summed E-state index contributed by atoms with van der Waals surface area (Å²) < 4.78 is 0. The van der Waals surface area contributed by atoms with Crippen LogP contribution >= 0.6 is 0 Å². The summed E-state index contributed by atoms with van der Waals surface area (Å²) in [5.41, 5.74) is 2.99. The van der Waals surface area contributed by atoms with Crippen molar-refractivity contribution in [1.82, 2.24) is 4.90 Å². The average molecular weight is 275 g/mol. The second-order valence-electron chi connectivity index (χ2n) is 6.83. The van der Waals surface area contributed by atoms with Gasteiger partial charge in [0.05, 0.1) is 0 Å². The summed E-state index contributed by atoms with van der Waals surface area (Å²) in [4.78, 5) is 14.3. The Balaban J connectivity index is 1.93. The van der Waals surface area contributed by atoms with E-state index in [4.69, 9.17) is 0 Å². The van der Waals surface area contributed by atoms with Gasteiger partial charge >= 0.3 is 0 Å². The fourth-order valence-corrected chi connectivity index (χ4v) is 2.91. The maximum atomic E-state index is 12.3. The Morgan fingerprint density at radius 3 is 2.55 bits per heavy atom. The van der Waals surface area contributed by atoms with Crippen molar-refractivity contribution in [3.8, 4) is 0 Å². The molecule has 0 aromatic rings. The quantitative estimate of drug-likeness (QED) is 0.684. The van der Waals surface area contributed by atoms with Crippen molar-refractivity contribution in [3.63, 3.8) is 0 Å². The zero-order valence-electron chi connectivity index (χ0n) is 13.5. The summed E-state index contributed by atoms with van der Waals surface area (Å²) in [6.07, 6.45) is 10.5. The molecule has 0 radical (unpaired) electrons. The van der Waals surface area contributed by atoms with E-state index in [0.29, 0.717) is 23.8 Å². The maximum absolute atomic E-state index is 12.3. The molecule has 0 aliphatic heterocycles. The summed E-state index contributed by atoms with van der Waals surface area (Å²) >= 11 is 0. The van der Waals surface area contributed by atoms with Gasteiger partial charge in [-0.25, -0.2) is 0 Å². The zero-order valence-corrected chi connectivity index (χ0v) is 13.5. The molecule has 2 rings (SSSR count). The average Bonchev–Trinajstić information content (AvgIpc) is 3.23. The molecule has 0 spiro atoms. The fourth-order valence-electron chi connectivity index (χ4n) is 2.91. The third-order valence-corrected chi connectivity index (χ3v) is 4.72. The predicted octanol–water partition coefficient (Wildman–Crippen LogP) is 4.33. The molecule has 2 aliphatic rings. The molecule has 0 aromatic carbocycles. The number of rotatable bonds is 5. The van der Waals surface area contributed by atoms with Gasteiger partial charge in [0.15, 0.2) is 0 Å². The second-order valence-corrected chi connectivity index (χ2v) is 6.83. The number of hydrogen-bond acceptors (Lipinski definition) is 1. The third-order valence-electron chi connectivity index (χ3n) is 4.72. The van der Waals surface area contributed by atoms with Gasteiger partial charge in [0.25, 0.3) is 0 Å². The van der Waals surface area contributed by atoms with Crippen LogP contribution in [0.1, 0.15) is 59.8 Å². The number of carbonyl (C=O) groups is 1. The molecule has 1 saturated carbocycles. The first-order valence-corrected chi connectivity index (χ1v) is 8.11. The molecule has 2 nitrogen and oxygen atoms in total. The Morgan fingerprint density at radius 2 is 2.05 bits per heavy atom. The predicted molar refractivity (Wildman–Crippen MR) is 84.4 cm³/mol. The van der Waals surface area contributed by atoms with Crippen molar-refractivity contribution in [2.75, 3.05) is 6.54 Å². The van der Waals surface area contributed by atoms with E-state index in [9.17, 15) is 4.79 Å². The third kappa shape index (κ3) is 3.97. The van der Waals surface area contributed by atoms with Crippen molar-refractivity contribution in [3.05, 3.63) is 23.3 Å². The van der Waals surface area contributed by atoms with Gasteiger partial charge in [0, 0.05) is 18.5 Å². The SMILES string of the molecule is CC1=CCC(/C(C)=C\CN(C(=O)C2CC2)C(C)C)CC1. The van der Waals surface area contributed by atoms with Crippen molar-refractivity contribution in [2.24, 2.45) is 11.8 Å². The zero-order chi connectivity index (χ0) is 14.7. The van der Waals surface area contributed by atoms with Gasteiger partial charge in [0.2, 0.25) is 5.91 Å². The lowest BCUT2D eigenvalue weighted by atomic mass is 9.85. The van der Waals surface area contributed by atoms with E-state index in [2.05, 4.69) is 39.8 Å². The van der Waals surface area contributed by atoms with Gasteiger partial charge in [-0.15, -0.1) is 0 Å². The van der Waals surface area contributed by atoms with Gasteiger partial charge < -0.3 is 4.90 Å². The Labute approximate surface area is 123 Å². The highest BCUT2D eigenvalue weighted by molar-refractivity contribution is 5.81. The smallest absolute Gasteiger partial charge is 0.226 e. The first-order chi connectivity index (χ1) is 9.49. The maximum Gasteiger partial charge on any atom is 0.226 e. The van der Waals surface area contributed by atoms with Crippen LogP contribution in [0.5, 0.6) is 0 Å². The summed E-state index contributed by atoms with van der Waals surface area (Å²) in [7, 11) is 0. The highest BCUT2D eigenvalue weighted by Gasteiger charge is 2.33. The molecule has 1 atom stereocenters. The number of nitrogens with zero attached hydrogens (tertiary/aromatic N) is 1. The molecule has 112 valence electrons. The molecule has 20 heavy (non-hydrogen) atoms. The summed E-state index contributed by atoms with van der Waals surface area (Å²) in [6, 6.07) is 0.306. The number of amides is 1. The number of hydrogen-bond donors (Lipinski definition) is 0. The molecule has 0 N–H and O–H groups in total. The molecule has 0 bridgehead atoms. The lowest BCUT2D eigenvalue weighted by Crippen LogP contribution is -2.38. The molecular weight excluding hydrogens is 246 g/mol. The lowest BCUT2D eigenvalue weighted by Gasteiger charge is -2.27. The van der Waals surface area contributed by atoms with E-state index >= 15 is 0 Å². The Morgan fingerprint density at radius 1 is 1.35 bits per heavy atom. The monoisotopic (exact) mass is 275 g/mol. The normalized spacial score (nSPS) is 23.8. The van der Waals surface area contributed by atoms with Gasteiger partial charge in [-0.05, 0) is 65.7 Å². The Hall–Kier alpha value is -1.05. The standard InChI is InChI=1S/C18H29NO/c1-13(2)19(18(20)17-9-10-17)12-11-15(4)16-7-5-14(3)6-8-16/h5,11,13,16-17H,6-10,12H2,1-4H3/b15-11-. The molecule has 0 aromatic heterocycles. The molecule has 0 heterocycles. The Kier molecular flexibility index (Phi) is 5.06. The van der Waals surface area contributed by atoms with E-state index in [1.54, 1.807) is 0 Å². The molecule has 0 saturated heterocycles. The minimum atomic E-state index is 0.306. The summed E-state index contributed by atoms with van der Waals surface area (Å²) in [5.74, 6) is 1.37. The molecule has 1 amide bonds. The molecule has 2 aliphatic carbocycles. The summed E-state index contributed by atoms with van der Waals surface area (Å²) in [5, 5.41) is 0. The number of allylic oxidation sites excluding steroid dienone is 3. The van der Waals surface area contributed by atoms with Crippen LogP contribution in [0.4, 0.5) is 0 Å². The first kappa shape index (κ1) is 15.3. The van der Waals surface area contributed by atoms with Gasteiger partial charge in [0.1, 0.15) is 0 Å². The minimum absolute atomic E-state index is 0.306. The largest absolute Gasteiger partial charge is 0.336 e. The molecule has 2 heteroatoms. The highest BCUT2D eigenvalue weighted by atomic mass is 16.2. The topological polar surface area (TPSA) is 20.3 Å². The van der Waals surface area contributed by atoms with Crippen LogP contribution in [0, 0.1) is 11.8 Å². The van der Waals surface area contributed by atoms with Crippen LogP contribution in [0.15, 0.2) is 23.3 Å². The van der Waals surface area contributed by atoms with Crippen LogP contribution in [-0.2, 0) is 4.79 Å². The van der Waals surface area contributed by atoms with Crippen LogP contribution < -0.4 is 0 Å². The van der Waals surface area contributed by atoms with Crippen LogP contribution in [0.25, 0.3) is 0 Å². The van der Waals surface area contributed by atoms with E-state index < -0.39 is 0 Å². The molecule has 1 unspecified atom stereocenters. The van der Waals surface area contributed by atoms with Crippen LogP contribution in [0.2, 0.25) is 0 Å². The van der Waals surface area contributed by atoms with Crippen molar-refractivity contribution >= 4 is 5.91 Å².